The van der Waals surface area contributed by atoms with Crippen LogP contribution in [0.25, 0.3) is 0 Å². The third-order valence-electron chi connectivity index (χ3n) is 4.23. The zero-order valence-corrected chi connectivity index (χ0v) is 11.6. The van der Waals surface area contributed by atoms with E-state index in [0.717, 1.165) is 25.4 Å². The van der Waals surface area contributed by atoms with Crippen LogP contribution < -0.4 is 16.2 Å². The molecule has 2 heterocycles. The number of carbonyl (C=O) groups is 2. The average molecular weight is 282 g/mol. The number of carbonyl (C=O) groups excluding carboxylic acids is 2. The van der Waals surface area contributed by atoms with Crippen molar-refractivity contribution in [3.63, 3.8) is 0 Å². The van der Waals surface area contributed by atoms with Gasteiger partial charge in [-0.05, 0) is 32.1 Å². The number of nitrogens with one attached hydrogen (secondary N) is 3. The quantitative estimate of drug-likeness (QED) is 0.620. The third-order valence-corrected chi connectivity index (χ3v) is 4.23. The number of hydrogen-bond acceptors (Lipinski definition) is 4. The summed E-state index contributed by atoms with van der Waals surface area (Å²) in [6.07, 6.45) is 4.91. The first-order valence-corrected chi connectivity index (χ1v) is 7.45. The second-order valence-corrected chi connectivity index (χ2v) is 5.74. The Kier molecular flexibility index (Phi) is 4.07. The van der Waals surface area contributed by atoms with Gasteiger partial charge in [0, 0.05) is 31.8 Å². The molecule has 2 aliphatic heterocycles. The first-order valence-electron chi connectivity index (χ1n) is 7.45. The molecule has 0 radical (unpaired) electrons. The molecule has 2 saturated heterocycles. The van der Waals surface area contributed by atoms with Gasteiger partial charge in [-0.3, -0.25) is 15.1 Å². The predicted molar refractivity (Wildman–Crippen MR) is 71.8 cm³/mol. The van der Waals surface area contributed by atoms with E-state index in [0.29, 0.717) is 25.6 Å². The van der Waals surface area contributed by atoms with Gasteiger partial charge in [0.2, 0.25) is 0 Å². The molecule has 112 valence electrons. The van der Waals surface area contributed by atoms with Crippen molar-refractivity contribution < 1.29 is 14.3 Å². The van der Waals surface area contributed by atoms with Gasteiger partial charge in [0.05, 0.1) is 0 Å². The minimum absolute atomic E-state index is 0.277. The summed E-state index contributed by atoms with van der Waals surface area (Å²) in [5, 5.41) is 2.80. The van der Waals surface area contributed by atoms with E-state index < -0.39 is 6.10 Å². The van der Waals surface area contributed by atoms with E-state index in [-0.39, 0.29) is 11.9 Å². The van der Waals surface area contributed by atoms with Crippen LogP contribution in [0.3, 0.4) is 0 Å². The summed E-state index contributed by atoms with van der Waals surface area (Å²) < 4.78 is 5.23. The summed E-state index contributed by atoms with van der Waals surface area (Å²) in [6, 6.07) is 0.846. The molecule has 0 aromatic rings. The Morgan fingerprint density at radius 3 is 2.60 bits per heavy atom. The maximum atomic E-state index is 11.6. The Hall–Kier alpha value is -1.34. The number of rotatable bonds is 4. The maximum Gasteiger partial charge on any atom is 0.333 e. The van der Waals surface area contributed by atoms with Crippen LogP contribution in [0.15, 0.2) is 0 Å². The normalized spacial score (nSPS) is 29.6. The van der Waals surface area contributed by atoms with E-state index in [1.54, 1.807) is 0 Å². The van der Waals surface area contributed by atoms with Crippen molar-refractivity contribution in [3.8, 4) is 0 Å². The van der Waals surface area contributed by atoms with Crippen LogP contribution in [-0.2, 0) is 9.53 Å². The first-order chi connectivity index (χ1) is 9.74. The molecule has 7 heteroatoms. The van der Waals surface area contributed by atoms with Crippen LogP contribution in [0.2, 0.25) is 0 Å². The number of amides is 3. The molecule has 1 aliphatic carbocycles. The van der Waals surface area contributed by atoms with Crippen molar-refractivity contribution in [3.05, 3.63) is 0 Å². The van der Waals surface area contributed by atoms with Gasteiger partial charge in [0.1, 0.15) is 6.10 Å². The number of urea groups is 1. The largest absolute Gasteiger partial charge is 0.368 e. The Labute approximate surface area is 118 Å². The van der Waals surface area contributed by atoms with E-state index in [2.05, 4.69) is 21.1 Å². The Bertz CT molecular complexity index is 380. The molecule has 3 fully saturated rings. The highest BCUT2D eigenvalue weighted by Gasteiger charge is 2.39. The fraction of sp³-hybridized carbons (Fsp3) is 0.846. The highest BCUT2D eigenvalue weighted by atomic mass is 16.5. The van der Waals surface area contributed by atoms with Gasteiger partial charge in [-0.25, -0.2) is 10.2 Å². The molecule has 3 amide bonds. The van der Waals surface area contributed by atoms with Gasteiger partial charge in [0.15, 0.2) is 0 Å². The highest BCUT2D eigenvalue weighted by Crippen LogP contribution is 2.33. The van der Waals surface area contributed by atoms with Crippen molar-refractivity contribution in [2.75, 3.05) is 19.7 Å². The smallest absolute Gasteiger partial charge is 0.333 e. The van der Waals surface area contributed by atoms with Gasteiger partial charge >= 0.3 is 6.03 Å². The highest BCUT2D eigenvalue weighted by molar-refractivity contribution is 5.84. The van der Waals surface area contributed by atoms with E-state index in [9.17, 15) is 9.59 Å². The minimum atomic E-state index is -0.424. The van der Waals surface area contributed by atoms with E-state index in [1.807, 2.05) is 0 Å². The van der Waals surface area contributed by atoms with Gasteiger partial charge in [-0.1, -0.05) is 0 Å². The van der Waals surface area contributed by atoms with Gasteiger partial charge < -0.3 is 10.1 Å². The predicted octanol–water partition coefficient (Wildman–Crippen LogP) is -0.267. The fourth-order valence-electron chi connectivity index (χ4n) is 2.80. The van der Waals surface area contributed by atoms with E-state index in [1.165, 1.54) is 12.8 Å². The molecule has 3 N–H and O–H groups in total. The summed E-state index contributed by atoms with van der Waals surface area (Å²) in [4.78, 5) is 25.7. The third kappa shape index (κ3) is 3.21. The van der Waals surface area contributed by atoms with Crippen molar-refractivity contribution in [1.82, 2.24) is 21.1 Å². The Balaban J connectivity index is 1.30. The number of hydrazine groups is 1. The number of hydrogen-bond donors (Lipinski definition) is 3. The summed E-state index contributed by atoms with van der Waals surface area (Å²) in [5.74, 6) is -0.277. The van der Waals surface area contributed by atoms with Crippen molar-refractivity contribution in [2.24, 2.45) is 0 Å². The molecule has 1 unspecified atom stereocenters. The van der Waals surface area contributed by atoms with Gasteiger partial charge in [-0.2, -0.15) is 0 Å². The molecule has 3 aliphatic rings. The molecular weight excluding hydrogens is 260 g/mol. The molecule has 1 saturated carbocycles. The lowest BCUT2D eigenvalue weighted by molar-refractivity contribution is -0.130. The number of likely N-dealkylation sites (tertiary alicyclic amines) is 1. The SMILES string of the molecule is O=C(NCC1CCN1C1CC1)NNC(=O)[C@@H]1CCCO1. The lowest BCUT2D eigenvalue weighted by Gasteiger charge is -2.41. The molecule has 3 rings (SSSR count). The van der Waals surface area contributed by atoms with Crippen molar-refractivity contribution >= 4 is 11.9 Å². The molecule has 0 aromatic heterocycles. The maximum absolute atomic E-state index is 11.6. The molecule has 0 aromatic carbocycles. The Morgan fingerprint density at radius 1 is 1.15 bits per heavy atom. The van der Waals surface area contributed by atoms with E-state index >= 15 is 0 Å². The topological polar surface area (TPSA) is 82.7 Å². The number of nitrogens with zero attached hydrogens (tertiary/aromatic N) is 1. The first kappa shape index (κ1) is 13.6. The van der Waals surface area contributed by atoms with E-state index in [4.69, 9.17) is 4.74 Å². The van der Waals surface area contributed by atoms with Crippen LogP contribution in [0.5, 0.6) is 0 Å². The van der Waals surface area contributed by atoms with Crippen LogP contribution >= 0.6 is 0 Å². The van der Waals surface area contributed by atoms with Crippen molar-refractivity contribution in [1.29, 1.82) is 0 Å². The molecule has 0 spiro atoms. The van der Waals surface area contributed by atoms with Gasteiger partial charge in [0.25, 0.3) is 5.91 Å². The zero-order valence-electron chi connectivity index (χ0n) is 11.6. The molecular formula is C13H22N4O3. The lowest BCUT2D eigenvalue weighted by atomic mass is 10.0. The summed E-state index contributed by atoms with van der Waals surface area (Å²) in [7, 11) is 0. The van der Waals surface area contributed by atoms with Crippen LogP contribution in [0.4, 0.5) is 4.79 Å². The monoisotopic (exact) mass is 282 g/mol. The average Bonchev–Trinajstić information content (AvgIpc) is 3.07. The van der Waals surface area contributed by atoms with Crippen LogP contribution in [0, 0.1) is 0 Å². The molecule has 7 nitrogen and oxygen atoms in total. The van der Waals surface area contributed by atoms with Crippen LogP contribution in [-0.4, -0.2) is 54.7 Å². The minimum Gasteiger partial charge on any atom is -0.368 e. The zero-order chi connectivity index (χ0) is 13.9. The standard InChI is InChI=1S/C13H22N4O3/c18-12(11-2-1-7-20-11)15-16-13(19)14-8-10-5-6-17(10)9-3-4-9/h9-11H,1-8H2,(H,15,18)(H2,14,16,19)/t10?,11-/m0/s1. The number of ether oxygens (including phenoxy) is 1. The van der Waals surface area contributed by atoms with Crippen LogP contribution in [0.1, 0.15) is 32.1 Å². The summed E-state index contributed by atoms with van der Waals surface area (Å²) >= 11 is 0. The fourth-order valence-corrected chi connectivity index (χ4v) is 2.80. The second-order valence-electron chi connectivity index (χ2n) is 5.74. The second kappa shape index (κ2) is 5.97. The molecule has 2 atom stereocenters. The molecule has 0 bridgehead atoms. The molecule has 20 heavy (non-hydrogen) atoms. The van der Waals surface area contributed by atoms with Crippen molar-refractivity contribution in [2.45, 2.75) is 50.3 Å². The lowest BCUT2D eigenvalue weighted by Crippen LogP contribution is -2.57. The summed E-state index contributed by atoms with van der Waals surface area (Å²) in [6.45, 7) is 2.40. The van der Waals surface area contributed by atoms with Gasteiger partial charge in [-0.15, -0.1) is 0 Å². The summed E-state index contributed by atoms with van der Waals surface area (Å²) in [5.41, 5.74) is 4.77. The Morgan fingerprint density at radius 2 is 2.00 bits per heavy atom.